The van der Waals surface area contributed by atoms with Crippen molar-refractivity contribution in [2.75, 3.05) is 11.9 Å². The second-order valence-corrected chi connectivity index (χ2v) is 6.94. The molecule has 1 aliphatic carbocycles. The molecule has 0 bridgehead atoms. The zero-order chi connectivity index (χ0) is 19.1. The van der Waals surface area contributed by atoms with Gasteiger partial charge in [-0.2, -0.15) is 0 Å². The normalized spacial score (nSPS) is 14.3. The molecule has 0 saturated heterocycles. The van der Waals surface area contributed by atoms with Crippen molar-refractivity contribution < 1.29 is 14.3 Å². The molecule has 0 radical (unpaired) electrons. The van der Waals surface area contributed by atoms with Gasteiger partial charge < -0.3 is 15.4 Å². The minimum Gasteiger partial charge on any atom is -0.457 e. The molecule has 0 spiro atoms. The monoisotopic (exact) mass is 366 g/mol. The van der Waals surface area contributed by atoms with E-state index in [-0.39, 0.29) is 11.8 Å². The number of benzene rings is 2. The van der Waals surface area contributed by atoms with Gasteiger partial charge in [0.2, 0.25) is 11.8 Å². The number of carbonyl (C=O) groups excluding carboxylic acids is 2. The Morgan fingerprint density at radius 2 is 1.59 bits per heavy atom. The van der Waals surface area contributed by atoms with Crippen molar-refractivity contribution >= 4 is 17.5 Å². The van der Waals surface area contributed by atoms with Crippen LogP contribution in [-0.4, -0.2) is 18.4 Å². The summed E-state index contributed by atoms with van der Waals surface area (Å²) in [5.41, 5.74) is -0.240. The lowest BCUT2D eigenvalue weighted by Gasteiger charge is -2.15. The predicted octanol–water partition coefficient (Wildman–Crippen LogP) is 4.50. The van der Waals surface area contributed by atoms with E-state index in [1.54, 1.807) is 24.3 Å². The highest BCUT2D eigenvalue weighted by atomic mass is 16.5. The van der Waals surface area contributed by atoms with Crippen LogP contribution in [0.15, 0.2) is 54.6 Å². The highest BCUT2D eigenvalue weighted by molar-refractivity contribution is 6.13. The molecule has 2 aromatic carbocycles. The molecule has 2 amide bonds. The van der Waals surface area contributed by atoms with Gasteiger partial charge in [-0.1, -0.05) is 38.0 Å². The second-order valence-electron chi connectivity index (χ2n) is 6.94. The van der Waals surface area contributed by atoms with Crippen LogP contribution in [0.1, 0.15) is 39.0 Å². The molecule has 0 atom stereocenters. The quantitative estimate of drug-likeness (QED) is 0.507. The first-order valence-corrected chi connectivity index (χ1v) is 9.57. The van der Waals surface area contributed by atoms with Gasteiger partial charge >= 0.3 is 0 Å². The number of hydrogen-bond acceptors (Lipinski definition) is 3. The smallest absolute Gasteiger partial charge is 0.240 e. The van der Waals surface area contributed by atoms with Gasteiger partial charge in [0, 0.05) is 12.2 Å². The SMILES string of the molecule is CCCCCNC(=O)C1(C(=O)Nc2ccc(Oc3ccccc3)cc2)CC1. The number of hydrogen-bond donors (Lipinski definition) is 2. The first-order valence-electron chi connectivity index (χ1n) is 9.57. The summed E-state index contributed by atoms with van der Waals surface area (Å²) in [7, 11) is 0. The third-order valence-electron chi connectivity index (χ3n) is 4.78. The number of anilines is 1. The fourth-order valence-corrected chi connectivity index (χ4v) is 2.91. The molecule has 1 saturated carbocycles. The lowest BCUT2D eigenvalue weighted by molar-refractivity contribution is -0.134. The van der Waals surface area contributed by atoms with Crippen LogP contribution in [0.4, 0.5) is 5.69 Å². The maximum absolute atomic E-state index is 12.6. The molecule has 5 nitrogen and oxygen atoms in total. The number of para-hydroxylation sites is 1. The van der Waals surface area contributed by atoms with Gasteiger partial charge in [-0.15, -0.1) is 0 Å². The number of ether oxygens (including phenoxy) is 1. The van der Waals surface area contributed by atoms with Gasteiger partial charge in [0.1, 0.15) is 16.9 Å². The van der Waals surface area contributed by atoms with Crippen molar-refractivity contribution in [2.45, 2.75) is 39.0 Å². The molecule has 0 aliphatic heterocycles. The van der Waals surface area contributed by atoms with Crippen molar-refractivity contribution in [1.29, 1.82) is 0 Å². The molecule has 1 fully saturated rings. The predicted molar refractivity (Wildman–Crippen MR) is 106 cm³/mol. The summed E-state index contributed by atoms with van der Waals surface area (Å²) >= 11 is 0. The van der Waals surface area contributed by atoms with Crippen molar-refractivity contribution in [1.82, 2.24) is 5.32 Å². The maximum atomic E-state index is 12.6. The van der Waals surface area contributed by atoms with Crippen molar-refractivity contribution in [3.05, 3.63) is 54.6 Å². The summed E-state index contributed by atoms with van der Waals surface area (Å²) in [5.74, 6) is 1.06. The maximum Gasteiger partial charge on any atom is 0.240 e. The van der Waals surface area contributed by atoms with E-state index in [0.717, 1.165) is 25.0 Å². The molecule has 0 aromatic heterocycles. The number of nitrogens with one attached hydrogen (secondary N) is 2. The molecule has 0 heterocycles. The number of rotatable bonds is 9. The van der Waals surface area contributed by atoms with E-state index in [4.69, 9.17) is 4.74 Å². The van der Waals surface area contributed by atoms with Crippen LogP contribution in [-0.2, 0) is 9.59 Å². The molecule has 1 aliphatic rings. The van der Waals surface area contributed by atoms with Crippen LogP contribution in [0, 0.1) is 5.41 Å². The van der Waals surface area contributed by atoms with E-state index in [0.29, 0.717) is 30.8 Å². The van der Waals surface area contributed by atoms with E-state index >= 15 is 0 Å². The van der Waals surface area contributed by atoms with E-state index in [1.807, 2.05) is 30.3 Å². The number of carbonyl (C=O) groups is 2. The Hall–Kier alpha value is -2.82. The number of unbranched alkanes of at least 4 members (excludes halogenated alkanes) is 2. The third-order valence-corrected chi connectivity index (χ3v) is 4.78. The van der Waals surface area contributed by atoms with Gasteiger partial charge in [0.05, 0.1) is 0 Å². The minimum absolute atomic E-state index is 0.153. The summed E-state index contributed by atoms with van der Waals surface area (Å²) in [6.45, 7) is 2.75. The Balaban J connectivity index is 1.53. The van der Waals surface area contributed by atoms with Gasteiger partial charge in [-0.05, 0) is 55.7 Å². The molecule has 2 aromatic rings. The van der Waals surface area contributed by atoms with Crippen LogP contribution in [0.3, 0.4) is 0 Å². The van der Waals surface area contributed by atoms with E-state index in [1.165, 1.54) is 0 Å². The molecule has 142 valence electrons. The summed E-state index contributed by atoms with van der Waals surface area (Å²) in [4.78, 5) is 25.0. The standard InChI is InChI=1S/C22H26N2O3/c1-2-3-7-16-23-20(25)22(14-15-22)21(26)24-17-10-12-19(13-11-17)27-18-8-5-4-6-9-18/h4-6,8-13H,2-3,7,14-16H2,1H3,(H,23,25)(H,24,26). The van der Waals surface area contributed by atoms with Gasteiger partial charge in [-0.3, -0.25) is 9.59 Å². The molecule has 27 heavy (non-hydrogen) atoms. The average Bonchev–Trinajstić information content (AvgIpc) is 3.50. The average molecular weight is 366 g/mol. The zero-order valence-electron chi connectivity index (χ0n) is 15.7. The first-order chi connectivity index (χ1) is 13.1. The molecular weight excluding hydrogens is 340 g/mol. The Morgan fingerprint density at radius 3 is 2.22 bits per heavy atom. The van der Waals surface area contributed by atoms with Crippen molar-refractivity contribution in [3.8, 4) is 11.5 Å². The van der Waals surface area contributed by atoms with Crippen LogP contribution in [0.2, 0.25) is 0 Å². The lowest BCUT2D eigenvalue weighted by atomic mass is 10.0. The van der Waals surface area contributed by atoms with Gasteiger partial charge in [0.25, 0.3) is 0 Å². The topological polar surface area (TPSA) is 67.4 Å². The number of amides is 2. The summed E-state index contributed by atoms with van der Waals surface area (Å²) < 4.78 is 5.74. The summed E-state index contributed by atoms with van der Waals surface area (Å²) in [5, 5.41) is 5.77. The van der Waals surface area contributed by atoms with Crippen LogP contribution in [0.25, 0.3) is 0 Å². The fourth-order valence-electron chi connectivity index (χ4n) is 2.91. The van der Waals surface area contributed by atoms with Gasteiger partial charge in [-0.25, -0.2) is 0 Å². The van der Waals surface area contributed by atoms with Crippen molar-refractivity contribution in [2.24, 2.45) is 5.41 Å². The Morgan fingerprint density at radius 1 is 0.926 bits per heavy atom. The highest BCUT2D eigenvalue weighted by Crippen LogP contribution is 2.46. The van der Waals surface area contributed by atoms with E-state index in [9.17, 15) is 9.59 Å². The van der Waals surface area contributed by atoms with E-state index in [2.05, 4.69) is 17.6 Å². The molecule has 0 unspecified atom stereocenters. The van der Waals surface area contributed by atoms with Crippen LogP contribution < -0.4 is 15.4 Å². The highest BCUT2D eigenvalue weighted by Gasteiger charge is 2.56. The molecule has 2 N–H and O–H groups in total. The summed E-state index contributed by atoms with van der Waals surface area (Å²) in [6, 6.07) is 16.7. The third kappa shape index (κ3) is 4.88. The largest absolute Gasteiger partial charge is 0.457 e. The minimum atomic E-state index is -0.897. The second kappa shape index (κ2) is 8.71. The zero-order valence-corrected chi connectivity index (χ0v) is 15.7. The summed E-state index contributed by atoms with van der Waals surface area (Å²) in [6.07, 6.45) is 4.34. The Labute approximate surface area is 160 Å². The lowest BCUT2D eigenvalue weighted by Crippen LogP contribution is -2.40. The molecule has 5 heteroatoms. The fraction of sp³-hybridized carbons (Fsp3) is 0.364. The molecule has 3 rings (SSSR count). The molecular formula is C22H26N2O3. The van der Waals surface area contributed by atoms with Crippen LogP contribution >= 0.6 is 0 Å². The van der Waals surface area contributed by atoms with Gasteiger partial charge in [0.15, 0.2) is 0 Å². The Kier molecular flexibility index (Phi) is 6.12. The van der Waals surface area contributed by atoms with E-state index < -0.39 is 5.41 Å². The Bertz CT molecular complexity index is 768. The van der Waals surface area contributed by atoms with Crippen LogP contribution in [0.5, 0.6) is 11.5 Å². The first kappa shape index (κ1) is 19.0. The van der Waals surface area contributed by atoms with Crippen molar-refractivity contribution in [3.63, 3.8) is 0 Å².